The second-order valence-corrected chi connectivity index (χ2v) is 11.4. The normalized spacial score (nSPS) is 14.7. The third kappa shape index (κ3) is 4.99. The number of nitrogens with two attached hydrogens (primary N) is 1. The molecule has 0 amide bonds. The summed E-state index contributed by atoms with van der Waals surface area (Å²) >= 11 is 0. The van der Waals surface area contributed by atoms with Crippen LogP contribution in [-0.2, 0) is 12.1 Å². The van der Waals surface area contributed by atoms with Crippen molar-refractivity contribution in [1.82, 2.24) is 49.4 Å². The van der Waals surface area contributed by atoms with Crippen LogP contribution in [0.5, 0.6) is 0 Å². The fourth-order valence-corrected chi connectivity index (χ4v) is 5.37. The summed E-state index contributed by atoms with van der Waals surface area (Å²) in [4.78, 5) is 22.3. The largest absolute Gasteiger partial charge is 0.381 e. The second-order valence-electron chi connectivity index (χ2n) is 11.4. The Hall–Kier alpha value is -5.02. The fourth-order valence-electron chi connectivity index (χ4n) is 5.37. The maximum absolute atomic E-state index is 14.9. The topological polar surface area (TPSA) is 165 Å². The molecule has 0 spiro atoms. The molecule has 7 rings (SSSR count). The summed E-state index contributed by atoms with van der Waals surface area (Å²) in [5.74, 6) is 0.782. The van der Waals surface area contributed by atoms with E-state index in [1.807, 2.05) is 28.6 Å². The van der Waals surface area contributed by atoms with Crippen molar-refractivity contribution in [3.05, 3.63) is 60.0 Å². The van der Waals surface area contributed by atoms with Crippen molar-refractivity contribution >= 4 is 28.3 Å². The summed E-state index contributed by atoms with van der Waals surface area (Å²) in [6.07, 6.45) is 3.45. The molecule has 15 heteroatoms. The number of benzene rings is 1. The SMILES string of the molecule is Cc1cccnc1-c1nc2c3cnn(CCN4CCN(c5cc(-c6noc(C(C)(C)O)n6)ccc5F)CC4)c3nc(N)n2n1. The van der Waals surface area contributed by atoms with E-state index in [0.717, 1.165) is 30.6 Å². The van der Waals surface area contributed by atoms with E-state index in [0.29, 0.717) is 59.5 Å². The predicted molar refractivity (Wildman–Crippen MR) is 160 cm³/mol. The van der Waals surface area contributed by atoms with E-state index >= 15 is 0 Å². The van der Waals surface area contributed by atoms with Crippen LogP contribution in [-0.4, -0.2) is 87.2 Å². The molecular weight excluding hydrogens is 567 g/mol. The number of fused-ring (bicyclic) bond motifs is 3. The van der Waals surface area contributed by atoms with Gasteiger partial charge in [-0.25, -0.2) is 14.1 Å². The average molecular weight is 599 g/mol. The number of hydrogen-bond donors (Lipinski definition) is 2. The summed E-state index contributed by atoms with van der Waals surface area (Å²) in [5.41, 5.74) is 8.99. The van der Waals surface area contributed by atoms with Crippen molar-refractivity contribution in [2.75, 3.05) is 43.4 Å². The minimum Gasteiger partial charge on any atom is -0.381 e. The van der Waals surface area contributed by atoms with Gasteiger partial charge >= 0.3 is 0 Å². The Morgan fingerprint density at radius 1 is 1.02 bits per heavy atom. The van der Waals surface area contributed by atoms with Gasteiger partial charge in [0.2, 0.25) is 17.6 Å². The lowest BCUT2D eigenvalue weighted by Crippen LogP contribution is -2.47. The number of rotatable bonds is 7. The van der Waals surface area contributed by atoms with Crippen LogP contribution in [0.1, 0.15) is 25.3 Å². The molecule has 3 N–H and O–H groups in total. The first kappa shape index (κ1) is 27.8. The summed E-state index contributed by atoms with van der Waals surface area (Å²) in [7, 11) is 0. The second kappa shape index (κ2) is 10.6. The highest BCUT2D eigenvalue weighted by molar-refractivity contribution is 5.90. The predicted octanol–water partition coefficient (Wildman–Crippen LogP) is 2.67. The Bertz CT molecular complexity index is 1980. The number of nitrogens with zero attached hydrogens (tertiary/aromatic N) is 11. The van der Waals surface area contributed by atoms with Crippen molar-refractivity contribution < 1.29 is 14.0 Å². The Balaban J connectivity index is 1.04. The number of nitrogen functional groups attached to an aromatic ring is 1. The molecule has 1 aliphatic heterocycles. The van der Waals surface area contributed by atoms with Crippen molar-refractivity contribution in [2.24, 2.45) is 0 Å². The van der Waals surface area contributed by atoms with E-state index in [-0.39, 0.29) is 17.7 Å². The molecule has 0 aliphatic carbocycles. The van der Waals surface area contributed by atoms with Gasteiger partial charge in [-0.3, -0.25) is 9.88 Å². The maximum Gasteiger partial charge on any atom is 0.258 e. The molecule has 226 valence electrons. The average Bonchev–Trinajstić information content (AvgIpc) is 3.76. The minimum atomic E-state index is -1.26. The number of aryl methyl sites for hydroxylation is 1. The zero-order chi connectivity index (χ0) is 30.6. The zero-order valence-electron chi connectivity index (χ0n) is 24.5. The lowest BCUT2D eigenvalue weighted by molar-refractivity contribution is 0.0420. The number of piperazine rings is 1. The van der Waals surface area contributed by atoms with E-state index < -0.39 is 5.60 Å². The monoisotopic (exact) mass is 598 g/mol. The van der Waals surface area contributed by atoms with Crippen LogP contribution in [0.3, 0.4) is 0 Å². The van der Waals surface area contributed by atoms with Gasteiger partial charge in [-0.15, -0.1) is 5.10 Å². The van der Waals surface area contributed by atoms with E-state index in [4.69, 9.17) is 15.2 Å². The Kier molecular flexibility index (Phi) is 6.70. The molecule has 1 aliphatic rings. The highest BCUT2D eigenvalue weighted by atomic mass is 19.1. The van der Waals surface area contributed by atoms with E-state index in [2.05, 4.69) is 35.2 Å². The molecule has 0 saturated carbocycles. The lowest BCUT2D eigenvalue weighted by Gasteiger charge is -2.36. The maximum atomic E-state index is 14.9. The zero-order valence-corrected chi connectivity index (χ0v) is 24.5. The highest BCUT2D eigenvalue weighted by Gasteiger charge is 2.26. The van der Waals surface area contributed by atoms with Crippen molar-refractivity contribution in [3.8, 4) is 22.9 Å². The third-order valence-electron chi connectivity index (χ3n) is 7.81. The van der Waals surface area contributed by atoms with E-state index in [1.54, 1.807) is 38.4 Å². The molecular formula is C29H31FN12O2. The first-order valence-electron chi connectivity index (χ1n) is 14.3. The number of aromatic nitrogens is 9. The van der Waals surface area contributed by atoms with Gasteiger partial charge in [0.25, 0.3) is 5.89 Å². The smallest absolute Gasteiger partial charge is 0.258 e. The Morgan fingerprint density at radius 2 is 1.84 bits per heavy atom. The van der Waals surface area contributed by atoms with Gasteiger partial charge in [-0.2, -0.15) is 19.6 Å². The van der Waals surface area contributed by atoms with Crippen LogP contribution in [0, 0.1) is 12.7 Å². The molecule has 0 unspecified atom stereocenters. The number of aliphatic hydroxyl groups is 1. The molecule has 44 heavy (non-hydrogen) atoms. The van der Waals surface area contributed by atoms with E-state index in [9.17, 15) is 9.50 Å². The molecule has 5 aromatic heterocycles. The quantitative estimate of drug-likeness (QED) is 0.276. The molecule has 14 nitrogen and oxygen atoms in total. The highest BCUT2D eigenvalue weighted by Crippen LogP contribution is 2.29. The lowest BCUT2D eigenvalue weighted by atomic mass is 10.1. The van der Waals surface area contributed by atoms with Gasteiger partial charge in [0, 0.05) is 44.5 Å². The first-order valence-corrected chi connectivity index (χ1v) is 14.3. The number of pyridine rings is 1. The van der Waals surface area contributed by atoms with Crippen molar-refractivity contribution in [3.63, 3.8) is 0 Å². The first-order chi connectivity index (χ1) is 21.2. The molecule has 0 radical (unpaired) electrons. The molecule has 0 atom stereocenters. The molecule has 6 aromatic rings. The van der Waals surface area contributed by atoms with Gasteiger partial charge in [-0.1, -0.05) is 11.2 Å². The van der Waals surface area contributed by atoms with Crippen LogP contribution in [0.4, 0.5) is 16.0 Å². The van der Waals surface area contributed by atoms with Crippen molar-refractivity contribution in [2.45, 2.75) is 32.9 Å². The van der Waals surface area contributed by atoms with Crippen LogP contribution < -0.4 is 10.6 Å². The van der Waals surface area contributed by atoms with Crippen LogP contribution in [0.25, 0.3) is 39.6 Å². The van der Waals surface area contributed by atoms with E-state index in [1.165, 1.54) is 10.6 Å². The van der Waals surface area contributed by atoms with Crippen molar-refractivity contribution in [1.29, 1.82) is 0 Å². The summed E-state index contributed by atoms with van der Waals surface area (Å²) in [5, 5.41) is 24.0. The third-order valence-corrected chi connectivity index (χ3v) is 7.81. The van der Waals surface area contributed by atoms with Crippen LogP contribution in [0.2, 0.25) is 0 Å². The summed E-state index contributed by atoms with van der Waals surface area (Å²) in [6.45, 7) is 9.18. The minimum absolute atomic E-state index is 0.102. The van der Waals surface area contributed by atoms with Gasteiger partial charge < -0.3 is 20.3 Å². The molecule has 1 saturated heterocycles. The molecule has 1 fully saturated rings. The fraction of sp³-hybridized carbons (Fsp3) is 0.345. The van der Waals surface area contributed by atoms with Crippen LogP contribution >= 0.6 is 0 Å². The van der Waals surface area contributed by atoms with Crippen LogP contribution in [0.15, 0.2) is 47.2 Å². The molecule has 0 bridgehead atoms. The number of halogens is 1. The van der Waals surface area contributed by atoms with Gasteiger partial charge in [-0.05, 0) is 50.6 Å². The standard InChI is InChI=1S/C29H31FN12O2/c1-17-5-4-8-32-22(17)24-34-26-19-16-33-41(25(19)36-28(31)42(26)37-24)14-11-39-9-12-40(13-10-39)21-15-18(6-7-20(21)30)23-35-27(44-38-23)29(2,3)43/h4-8,15-16,43H,9-14H2,1-3H3,(H2,31,36). The molecule has 1 aromatic carbocycles. The van der Waals surface area contributed by atoms with Gasteiger partial charge in [0.05, 0.1) is 23.8 Å². The summed E-state index contributed by atoms with van der Waals surface area (Å²) in [6, 6.07) is 8.57. The number of anilines is 2. The van der Waals surface area contributed by atoms with Gasteiger partial charge in [0.1, 0.15) is 17.1 Å². The number of hydrogen-bond acceptors (Lipinski definition) is 12. The van der Waals surface area contributed by atoms with Gasteiger partial charge in [0.15, 0.2) is 11.3 Å². The Morgan fingerprint density at radius 3 is 2.59 bits per heavy atom. The Labute approximate surface area is 251 Å². The summed E-state index contributed by atoms with van der Waals surface area (Å²) < 4.78 is 23.4. The molecule has 6 heterocycles.